The van der Waals surface area contributed by atoms with E-state index in [1.54, 1.807) is 0 Å². The summed E-state index contributed by atoms with van der Waals surface area (Å²) in [6.07, 6.45) is 4.22. The van der Waals surface area contributed by atoms with Crippen LogP contribution in [0.25, 0.3) is 0 Å². The summed E-state index contributed by atoms with van der Waals surface area (Å²) in [5.74, 6) is 1.57. The lowest BCUT2D eigenvalue weighted by molar-refractivity contribution is -0.249. The number of rotatable bonds is 9. The van der Waals surface area contributed by atoms with Gasteiger partial charge in [0.05, 0.1) is 18.3 Å². The van der Waals surface area contributed by atoms with E-state index in [0.717, 1.165) is 12.8 Å². The van der Waals surface area contributed by atoms with Gasteiger partial charge in [0.2, 0.25) is 0 Å². The summed E-state index contributed by atoms with van der Waals surface area (Å²) in [4.78, 5) is 0. The minimum absolute atomic E-state index is 0.0769. The topological polar surface area (TPSA) is 47.9 Å². The largest absolute Gasteiger partial charge is 0.389 e. The number of fused-ring (bicyclic) bond motifs is 2. The van der Waals surface area contributed by atoms with Crippen molar-refractivity contribution in [3.05, 3.63) is 35.9 Å². The van der Waals surface area contributed by atoms with Crippen LogP contribution in [0.4, 0.5) is 0 Å². The van der Waals surface area contributed by atoms with Crippen molar-refractivity contribution in [2.24, 2.45) is 40.9 Å². The highest BCUT2D eigenvalue weighted by molar-refractivity contribution is 5.28. The van der Waals surface area contributed by atoms with E-state index in [1.165, 1.54) is 18.4 Å². The van der Waals surface area contributed by atoms with Crippen LogP contribution in [0.5, 0.6) is 0 Å². The molecule has 0 spiro atoms. The van der Waals surface area contributed by atoms with Crippen LogP contribution in [0.3, 0.4) is 0 Å². The van der Waals surface area contributed by atoms with Crippen LogP contribution in [0.2, 0.25) is 0 Å². The number of ether oxygens (including phenoxy) is 3. The summed E-state index contributed by atoms with van der Waals surface area (Å²) in [5.41, 5.74) is 0.615. The fourth-order valence-electron chi connectivity index (χ4n) is 8.49. The second kappa shape index (κ2) is 8.08. The molecule has 32 heavy (non-hydrogen) atoms. The zero-order valence-electron chi connectivity index (χ0n) is 20.5. The molecule has 2 bridgehead atoms. The van der Waals surface area contributed by atoms with Gasteiger partial charge in [-0.3, -0.25) is 0 Å². The Kier molecular flexibility index (Phi) is 5.76. The van der Waals surface area contributed by atoms with Crippen molar-refractivity contribution in [1.82, 2.24) is 0 Å². The molecule has 4 nitrogen and oxygen atoms in total. The van der Waals surface area contributed by atoms with Crippen molar-refractivity contribution < 1.29 is 19.3 Å². The molecule has 4 heteroatoms. The molecule has 0 radical (unpaired) electrons. The fraction of sp³-hybridized carbons (Fsp3) is 0.786. The van der Waals surface area contributed by atoms with Gasteiger partial charge in [0.25, 0.3) is 0 Å². The van der Waals surface area contributed by atoms with Crippen molar-refractivity contribution in [2.75, 3.05) is 13.2 Å². The maximum absolute atomic E-state index is 12.4. The van der Waals surface area contributed by atoms with E-state index in [1.807, 2.05) is 18.2 Å². The first-order chi connectivity index (χ1) is 15.2. The molecule has 1 aliphatic heterocycles. The van der Waals surface area contributed by atoms with Gasteiger partial charge in [-0.25, -0.2) is 0 Å². The summed E-state index contributed by atoms with van der Waals surface area (Å²) in [5, 5.41) is 12.4. The highest BCUT2D eigenvalue weighted by atomic mass is 16.7. The van der Waals surface area contributed by atoms with Crippen LogP contribution >= 0.6 is 0 Å². The van der Waals surface area contributed by atoms with Gasteiger partial charge >= 0.3 is 0 Å². The molecule has 5 rings (SSSR count). The smallest absolute Gasteiger partial charge is 0.174 e. The Morgan fingerprint density at radius 1 is 1.19 bits per heavy atom. The predicted octanol–water partition coefficient (Wildman–Crippen LogP) is 5.43. The average molecular weight is 443 g/mol. The normalized spacial score (nSPS) is 45.0. The van der Waals surface area contributed by atoms with E-state index < -0.39 is 11.4 Å². The molecule has 1 saturated heterocycles. The van der Waals surface area contributed by atoms with Crippen LogP contribution in [-0.2, 0) is 20.8 Å². The Morgan fingerprint density at radius 3 is 2.62 bits per heavy atom. The predicted molar refractivity (Wildman–Crippen MR) is 125 cm³/mol. The summed E-state index contributed by atoms with van der Waals surface area (Å²) in [6.45, 7) is 13.3. The van der Waals surface area contributed by atoms with Gasteiger partial charge in [0.1, 0.15) is 0 Å². The number of hydrogen-bond acceptors (Lipinski definition) is 4. The van der Waals surface area contributed by atoms with Crippen molar-refractivity contribution in [3.63, 3.8) is 0 Å². The van der Waals surface area contributed by atoms with E-state index in [-0.39, 0.29) is 29.3 Å². The first kappa shape index (κ1) is 22.8. The van der Waals surface area contributed by atoms with Crippen LogP contribution in [0.15, 0.2) is 30.3 Å². The Hall–Kier alpha value is -0.940. The molecule has 0 amide bonds. The van der Waals surface area contributed by atoms with E-state index in [9.17, 15) is 5.11 Å². The zero-order valence-corrected chi connectivity index (χ0v) is 20.5. The Balaban J connectivity index is 1.36. The lowest BCUT2D eigenvalue weighted by atomic mass is 9.56. The quantitative estimate of drug-likeness (QED) is 0.554. The minimum Gasteiger partial charge on any atom is -0.389 e. The third-order valence-electron chi connectivity index (χ3n) is 9.58. The molecule has 0 aromatic heterocycles. The van der Waals surface area contributed by atoms with Crippen LogP contribution < -0.4 is 0 Å². The fourth-order valence-corrected chi connectivity index (χ4v) is 8.49. The molecule has 4 aliphatic rings. The molecule has 4 fully saturated rings. The van der Waals surface area contributed by atoms with Gasteiger partial charge < -0.3 is 19.3 Å². The van der Waals surface area contributed by atoms with Gasteiger partial charge in [0.15, 0.2) is 5.79 Å². The standard InChI is InChI=1S/C28H42O4/c1-6-31-28-15-22-26(5)13-12-21(18(2)3)24(32-28)23(26)25(28)27(22,29)14-19(4)16-30-17-20-10-8-7-9-11-20/h7-11,18-19,21-25,29H,6,12-17H2,1-5H3/t19-,21-,22-,23-,24+,25+,26+,27?,28-/m0/s1. The summed E-state index contributed by atoms with van der Waals surface area (Å²) >= 11 is 0. The first-order valence-corrected chi connectivity index (χ1v) is 12.9. The maximum Gasteiger partial charge on any atom is 0.174 e. The monoisotopic (exact) mass is 442 g/mol. The molecule has 9 atom stereocenters. The summed E-state index contributed by atoms with van der Waals surface area (Å²) in [6, 6.07) is 10.3. The Labute approximate surface area is 194 Å². The second-order valence-electron chi connectivity index (χ2n) is 11.8. The molecule has 1 heterocycles. The highest BCUT2D eigenvalue weighted by Crippen LogP contribution is 2.78. The van der Waals surface area contributed by atoms with Crippen molar-refractivity contribution in [1.29, 1.82) is 0 Å². The van der Waals surface area contributed by atoms with Crippen molar-refractivity contribution in [2.45, 2.75) is 84.4 Å². The first-order valence-electron chi connectivity index (χ1n) is 12.9. The SMILES string of the molecule is CCO[C@]12C[C@@H]3C(O)(C[C@H](C)COCc4ccccc4)[C@H]1[C@@H]1[C@H](O2)[C@H](C(C)C)CC[C@@]13C. The second-order valence-corrected chi connectivity index (χ2v) is 11.8. The summed E-state index contributed by atoms with van der Waals surface area (Å²) < 4.78 is 19.3. The van der Waals surface area contributed by atoms with Gasteiger partial charge in [-0.1, -0.05) is 58.0 Å². The Bertz CT molecular complexity index is 811. The molecule has 178 valence electrons. The lowest BCUT2D eigenvalue weighted by Gasteiger charge is -2.47. The van der Waals surface area contributed by atoms with Gasteiger partial charge in [0, 0.05) is 31.5 Å². The van der Waals surface area contributed by atoms with Crippen molar-refractivity contribution >= 4 is 0 Å². The number of aliphatic hydroxyl groups is 1. The van der Waals surface area contributed by atoms with Crippen molar-refractivity contribution in [3.8, 4) is 0 Å². The van der Waals surface area contributed by atoms with Crippen LogP contribution in [-0.4, -0.2) is 35.8 Å². The van der Waals surface area contributed by atoms with E-state index in [2.05, 4.69) is 46.8 Å². The van der Waals surface area contributed by atoms with E-state index >= 15 is 0 Å². The average Bonchev–Trinajstić information content (AvgIpc) is 3.25. The molecule has 1 unspecified atom stereocenters. The van der Waals surface area contributed by atoms with E-state index in [0.29, 0.717) is 37.6 Å². The Morgan fingerprint density at radius 2 is 1.94 bits per heavy atom. The molecule has 3 aliphatic carbocycles. The molecular weight excluding hydrogens is 400 g/mol. The molecule has 1 aromatic rings. The molecular formula is C28H42O4. The van der Waals surface area contributed by atoms with Crippen LogP contribution in [0.1, 0.15) is 65.9 Å². The summed E-state index contributed by atoms with van der Waals surface area (Å²) in [7, 11) is 0. The third-order valence-corrected chi connectivity index (χ3v) is 9.58. The van der Waals surface area contributed by atoms with Gasteiger partial charge in [-0.05, 0) is 60.8 Å². The molecule has 1 aromatic carbocycles. The molecule has 1 N–H and O–H groups in total. The zero-order chi connectivity index (χ0) is 22.7. The molecule has 3 saturated carbocycles. The highest BCUT2D eigenvalue weighted by Gasteiger charge is 2.83. The number of hydrogen-bond donors (Lipinski definition) is 1. The maximum atomic E-state index is 12.4. The van der Waals surface area contributed by atoms with Crippen LogP contribution in [0, 0.1) is 40.9 Å². The van der Waals surface area contributed by atoms with Gasteiger partial charge in [-0.15, -0.1) is 0 Å². The number of benzene rings is 1. The lowest BCUT2D eigenvalue weighted by Crippen LogP contribution is -2.47. The van der Waals surface area contributed by atoms with E-state index in [4.69, 9.17) is 14.2 Å². The minimum atomic E-state index is -0.731. The third kappa shape index (κ3) is 3.24. The van der Waals surface area contributed by atoms with Gasteiger partial charge in [-0.2, -0.15) is 0 Å².